The monoisotopic (exact) mass is 277 g/mol. The molecule has 0 amide bonds. The summed E-state index contributed by atoms with van der Waals surface area (Å²) in [5, 5.41) is 0. The summed E-state index contributed by atoms with van der Waals surface area (Å²) in [6.45, 7) is 2.48. The van der Waals surface area contributed by atoms with Crippen LogP contribution in [0.25, 0.3) is 0 Å². The minimum Gasteiger partial charge on any atom is -0.482 e. The second-order valence-corrected chi connectivity index (χ2v) is 5.22. The molecule has 1 aromatic carbocycles. The van der Waals surface area contributed by atoms with Gasteiger partial charge in [0.25, 0.3) is 0 Å². The highest BCUT2D eigenvalue weighted by atomic mass is 16.6. The topological polar surface area (TPSA) is 61.5 Å². The van der Waals surface area contributed by atoms with Gasteiger partial charge in [-0.2, -0.15) is 0 Å². The highest BCUT2D eigenvalue weighted by Gasteiger charge is 2.17. The van der Waals surface area contributed by atoms with Crippen molar-refractivity contribution in [3.8, 4) is 5.75 Å². The summed E-state index contributed by atoms with van der Waals surface area (Å²) in [5.41, 5.74) is 8.54. The molecule has 0 saturated carbocycles. The van der Waals surface area contributed by atoms with Crippen molar-refractivity contribution in [2.75, 3.05) is 13.2 Å². The van der Waals surface area contributed by atoms with Crippen molar-refractivity contribution in [1.82, 2.24) is 0 Å². The zero-order chi connectivity index (χ0) is 14.4. The van der Waals surface area contributed by atoms with Crippen molar-refractivity contribution in [2.45, 2.75) is 45.1 Å². The molecule has 0 saturated heterocycles. The maximum atomic E-state index is 11.5. The summed E-state index contributed by atoms with van der Waals surface area (Å²) in [6, 6.07) is 5.99. The molecule has 0 unspecified atom stereocenters. The zero-order valence-corrected chi connectivity index (χ0v) is 12.1. The number of nitrogens with two attached hydrogens (primary N) is 1. The van der Waals surface area contributed by atoms with E-state index in [0.717, 1.165) is 37.7 Å². The van der Waals surface area contributed by atoms with Crippen LogP contribution in [0, 0.1) is 0 Å². The number of hydrogen-bond donors (Lipinski definition) is 1. The molecule has 0 aromatic heterocycles. The molecular formula is C16H23NO3. The van der Waals surface area contributed by atoms with Gasteiger partial charge in [0.2, 0.25) is 0 Å². The van der Waals surface area contributed by atoms with Crippen molar-refractivity contribution < 1.29 is 14.3 Å². The van der Waals surface area contributed by atoms with E-state index < -0.39 is 0 Å². The molecule has 2 N–H and O–H groups in total. The molecule has 0 bridgehead atoms. The maximum absolute atomic E-state index is 11.5. The third-order valence-electron chi connectivity index (χ3n) is 3.60. The Bertz CT molecular complexity index is 459. The zero-order valence-electron chi connectivity index (χ0n) is 12.1. The highest BCUT2D eigenvalue weighted by Crippen LogP contribution is 2.30. The van der Waals surface area contributed by atoms with Gasteiger partial charge >= 0.3 is 5.97 Å². The Kier molecular flexibility index (Phi) is 5.41. The molecule has 0 heterocycles. The van der Waals surface area contributed by atoms with Crippen LogP contribution in [0.4, 0.5) is 0 Å². The van der Waals surface area contributed by atoms with Crippen LogP contribution in [0.1, 0.15) is 49.8 Å². The predicted octanol–water partition coefficient (Wildman–Crippen LogP) is 2.74. The summed E-state index contributed by atoms with van der Waals surface area (Å²) in [6.07, 6.45) is 5.12. The maximum Gasteiger partial charge on any atom is 0.344 e. The molecule has 1 aromatic rings. The Balaban J connectivity index is 1.87. The van der Waals surface area contributed by atoms with E-state index in [2.05, 4.69) is 6.92 Å². The number of esters is 1. The van der Waals surface area contributed by atoms with E-state index in [4.69, 9.17) is 15.2 Å². The first kappa shape index (κ1) is 14.9. The van der Waals surface area contributed by atoms with Crippen LogP contribution in [0.2, 0.25) is 0 Å². The van der Waals surface area contributed by atoms with Crippen LogP contribution >= 0.6 is 0 Å². The molecule has 20 heavy (non-hydrogen) atoms. The minimum absolute atomic E-state index is 0.0439. The van der Waals surface area contributed by atoms with Crippen LogP contribution < -0.4 is 10.5 Å². The van der Waals surface area contributed by atoms with E-state index >= 15 is 0 Å². The first-order valence-electron chi connectivity index (χ1n) is 7.37. The van der Waals surface area contributed by atoms with Gasteiger partial charge in [-0.25, -0.2) is 4.79 Å². The SMILES string of the molecule is CCCCOC(=O)COc1ccc2c(c1)[C@H](N)CCC2. The Morgan fingerprint density at radius 3 is 3.10 bits per heavy atom. The largest absolute Gasteiger partial charge is 0.482 e. The van der Waals surface area contributed by atoms with Gasteiger partial charge in [-0.1, -0.05) is 19.4 Å². The van der Waals surface area contributed by atoms with Crippen molar-refractivity contribution >= 4 is 5.97 Å². The molecule has 0 fully saturated rings. The van der Waals surface area contributed by atoms with Gasteiger partial charge in [-0.05, 0) is 48.9 Å². The number of aryl methyl sites for hydroxylation is 1. The fourth-order valence-corrected chi connectivity index (χ4v) is 2.42. The van der Waals surface area contributed by atoms with Crippen molar-refractivity contribution in [3.05, 3.63) is 29.3 Å². The first-order chi connectivity index (χ1) is 9.70. The van der Waals surface area contributed by atoms with Crippen LogP contribution in [-0.4, -0.2) is 19.2 Å². The van der Waals surface area contributed by atoms with Gasteiger partial charge in [0.1, 0.15) is 5.75 Å². The molecule has 0 aliphatic heterocycles. The molecule has 0 radical (unpaired) electrons. The van der Waals surface area contributed by atoms with Crippen molar-refractivity contribution in [1.29, 1.82) is 0 Å². The summed E-state index contributed by atoms with van der Waals surface area (Å²) in [5.74, 6) is 0.369. The smallest absolute Gasteiger partial charge is 0.344 e. The summed E-state index contributed by atoms with van der Waals surface area (Å²) in [7, 11) is 0. The number of benzene rings is 1. The number of fused-ring (bicyclic) bond motifs is 1. The van der Waals surface area contributed by atoms with Gasteiger partial charge in [-0.3, -0.25) is 0 Å². The Morgan fingerprint density at radius 1 is 1.45 bits per heavy atom. The number of carbonyl (C=O) groups excluding carboxylic acids is 1. The quantitative estimate of drug-likeness (QED) is 0.641. The molecule has 110 valence electrons. The first-order valence-corrected chi connectivity index (χ1v) is 7.37. The van der Waals surface area contributed by atoms with E-state index in [1.165, 1.54) is 5.56 Å². The van der Waals surface area contributed by atoms with E-state index in [9.17, 15) is 4.79 Å². The van der Waals surface area contributed by atoms with Crippen LogP contribution in [0.15, 0.2) is 18.2 Å². The number of hydrogen-bond acceptors (Lipinski definition) is 4. The van der Waals surface area contributed by atoms with Crippen molar-refractivity contribution in [2.24, 2.45) is 5.73 Å². The number of ether oxygens (including phenoxy) is 2. The Hall–Kier alpha value is -1.55. The molecule has 1 atom stereocenters. The third-order valence-corrected chi connectivity index (χ3v) is 3.60. The van der Waals surface area contributed by atoms with Crippen LogP contribution in [0.3, 0.4) is 0 Å². The average Bonchev–Trinajstić information content (AvgIpc) is 2.46. The summed E-state index contributed by atoms with van der Waals surface area (Å²) < 4.78 is 10.5. The standard InChI is InChI=1S/C16H23NO3/c1-2-3-9-19-16(18)11-20-13-8-7-12-5-4-6-15(17)14(12)10-13/h7-8,10,15H,2-6,9,11,17H2,1H3/t15-/m1/s1. The van der Waals surface area contributed by atoms with Crippen LogP contribution in [-0.2, 0) is 16.0 Å². The lowest BCUT2D eigenvalue weighted by molar-refractivity contribution is -0.146. The molecule has 0 spiro atoms. The molecule has 1 aliphatic carbocycles. The predicted molar refractivity (Wildman–Crippen MR) is 77.7 cm³/mol. The fourth-order valence-electron chi connectivity index (χ4n) is 2.42. The second-order valence-electron chi connectivity index (χ2n) is 5.22. The van der Waals surface area contributed by atoms with Gasteiger partial charge < -0.3 is 15.2 Å². The molecule has 4 heteroatoms. The van der Waals surface area contributed by atoms with E-state index in [1.54, 1.807) is 0 Å². The van der Waals surface area contributed by atoms with Gasteiger partial charge in [0, 0.05) is 6.04 Å². The second kappa shape index (κ2) is 7.29. The number of rotatable bonds is 6. The molecule has 1 aliphatic rings. The van der Waals surface area contributed by atoms with E-state index in [-0.39, 0.29) is 18.6 Å². The normalized spacial score (nSPS) is 17.4. The van der Waals surface area contributed by atoms with E-state index in [1.807, 2.05) is 18.2 Å². The minimum atomic E-state index is -0.319. The third kappa shape index (κ3) is 3.97. The fraction of sp³-hybridized carbons (Fsp3) is 0.562. The lowest BCUT2D eigenvalue weighted by Gasteiger charge is -2.22. The van der Waals surface area contributed by atoms with Gasteiger partial charge in [0.15, 0.2) is 6.61 Å². The van der Waals surface area contributed by atoms with Crippen LogP contribution in [0.5, 0.6) is 5.75 Å². The number of unbranched alkanes of at least 4 members (excludes halogenated alkanes) is 1. The Labute approximate surface area is 120 Å². The summed E-state index contributed by atoms with van der Waals surface area (Å²) >= 11 is 0. The Morgan fingerprint density at radius 2 is 2.30 bits per heavy atom. The van der Waals surface area contributed by atoms with E-state index in [0.29, 0.717) is 12.4 Å². The van der Waals surface area contributed by atoms with Gasteiger partial charge in [-0.15, -0.1) is 0 Å². The number of carbonyl (C=O) groups is 1. The van der Waals surface area contributed by atoms with Gasteiger partial charge in [0.05, 0.1) is 6.61 Å². The highest BCUT2D eigenvalue weighted by molar-refractivity contribution is 5.71. The summed E-state index contributed by atoms with van der Waals surface area (Å²) in [4.78, 5) is 11.5. The van der Waals surface area contributed by atoms with Crippen molar-refractivity contribution in [3.63, 3.8) is 0 Å². The molecule has 2 rings (SSSR count). The molecular weight excluding hydrogens is 254 g/mol. The lowest BCUT2D eigenvalue weighted by atomic mass is 9.88. The lowest BCUT2D eigenvalue weighted by Crippen LogP contribution is -2.18. The molecule has 4 nitrogen and oxygen atoms in total. The average molecular weight is 277 g/mol.